The van der Waals surface area contributed by atoms with Crippen molar-refractivity contribution in [2.75, 3.05) is 5.73 Å². The predicted molar refractivity (Wildman–Crippen MR) is 127 cm³/mol. The lowest BCUT2D eigenvalue weighted by Crippen LogP contribution is -2.11. The van der Waals surface area contributed by atoms with Crippen LogP contribution in [0.15, 0.2) is 91.0 Å². The van der Waals surface area contributed by atoms with Crippen LogP contribution in [0, 0.1) is 0 Å². The molecule has 0 atom stereocenters. The lowest BCUT2D eigenvalue weighted by Gasteiger charge is -2.20. The Balaban J connectivity index is 1.93. The van der Waals surface area contributed by atoms with E-state index in [9.17, 15) is 26.3 Å². The molecule has 176 valence electrons. The maximum atomic E-state index is 13.6. The quantitative estimate of drug-likeness (QED) is 0.198. The van der Waals surface area contributed by atoms with Crippen molar-refractivity contribution in [2.24, 2.45) is 0 Å². The van der Waals surface area contributed by atoms with Gasteiger partial charge in [-0.3, -0.25) is 0 Å². The molecule has 35 heavy (non-hydrogen) atoms. The standard InChI is InChI=1S/C28H17F6N/c29-27(30,31)19-13-18(14-20(15-19)28(32,33)34)23-11-9-16-5-1-3-7-21(16)25(23)26-22-8-4-2-6-17(22)10-12-24(26)35/h1-15H,35H2. The molecular weight excluding hydrogens is 464 g/mol. The third-order valence-corrected chi connectivity index (χ3v) is 6.04. The molecule has 0 amide bonds. The molecule has 0 saturated heterocycles. The lowest BCUT2D eigenvalue weighted by atomic mass is 9.86. The van der Waals surface area contributed by atoms with E-state index in [1.807, 2.05) is 42.5 Å². The van der Waals surface area contributed by atoms with Crippen molar-refractivity contribution in [3.63, 3.8) is 0 Å². The summed E-state index contributed by atoms with van der Waals surface area (Å²) in [5, 5.41) is 3.03. The van der Waals surface area contributed by atoms with Gasteiger partial charge in [0.1, 0.15) is 0 Å². The normalized spacial score (nSPS) is 12.4. The molecule has 0 aromatic heterocycles. The van der Waals surface area contributed by atoms with Gasteiger partial charge < -0.3 is 5.73 Å². The van der Waals surface area contributed by atoms with Gasteiger partial charge in [-0.05, 0) is 56.9 Å². The van der Waals surface area contributed by atoms with Crippen LogP contribution < -0.4 is 5.73 Å². The highest BCUT2D eigenvalue weighted by atomic mass is 19.4. The van der Waals surface area contributed by atoms with Crippen LogP contribution in [0.3, 0.4) is 0 Å². The third-order valence-electron chi connectivity index (χ3n) is 6.04. The number of hydrogen-bond donors (Lipinski definition) is 1. The van der Waals surface area contributed by atoms with Gasteiger partial charge in [-0.1, -0.05) is 66.7 Å². The molecule has 0 aliphatic rings. The van der Waals surface area contributed by atoms with Gasteiger partial charge in [0.25, 0.3) is 0 Å². The number of fused-ring (bicyclic) bond motifs is 2. The molecule has 0 aliphatic carbocycles. The first-order valence-electron chi connectivity index (χ1n) is 10.6. The summed E-state index contributed by atoms with van der Waals surface area (Å²) >= 11 is 0. The van der Waals surface area contributed by atoms with E-state index in [0.29, 0.717) is 22.2 Å². The maximum Gasteiger partial charge on any atom is 0.416 e. The zero-order chi connectivity index (χ0) is 25.0. The van der Waals surface area contributed by atoms with Crippen LogP contribution >= 0.6 is 0 Å². The van der Waals surface area contributed by atoms with Crippen molar-refractivity contribution in [3.05, 3.63) is 102 Å². The fourth-order valence-corrected chi connectivity index (χ4v) is 4.46. The molecule has 0 spiro atoms. The summed E-state index contributed by atoms with van der Waals surface area (Å²) < 4.78 is 81.7. The van der Waals surface area contributed by atoms with Crippen LogP contribution in [-0.2, 0) is 12.4 Å². The maximum absolute atomic E-state index is 13.6. The molecule has 5 aromatic carbocycles. The highest BCUT2D eigenvalue weighted by Gasteiger charge is 2.37. The van der Waals surface area contributed by atoms with E-state index in [1.165, 1.54) is 0 Å². The average molecular weight is 481 g/mol. The van der Waals surface area contributed by atoms with Gasteiger partial charge in [-0.2, -0.15) is 26.3 Å². The fraction of sp³-hybridized carbons (Fsp3) is 0.0714. The Labute approximate surface area is 196 Å². The summed E-state index contributed by atoms with van der Waals surface area (Å²) in [6.45, 7) is 0. The van der Waals surface area contributed by atoms with Crippen LogP contribution in [0.25, 0.3) is 43.8 Å². The van der Waals surface area contributed by atoms with E-state index in [0.717, 1.165) is 28.3 Å². The molecule has 5 aromatic rings. The minimum atomic E-state index is -4.95. The minimum absolute atomic E-state index is 0.135. The van der Waals surface area contributed by atoms with Crippen LogP contribution in [0.5, 0.6) is 0 Å². The van der Waals surface area contributed by atoms with Crippen LogP contribution in [0.1, 0.15) is 11.1 Å². The molecule has 0 bridgehead atoms. The summed E-state index contributed by atoms with van der Waals surface area (Å²) in [6.07, 6.45) is -9.91. The van der Waals surface area contributed by atoms with Gasteiger partial charge in [0.05, 0.1) is 11.1 Å². The van der Waals surface area contributed by atoms with E-state index in [-0.39, 0.29) is 17.2 Å². The number of alkyl halides is 6. The third kappa shape index (κ3) is 4.07. The summed E-state index contributed by atoms with van der Waals surface area (Å²) in [4.78, 5) is 0. The number of nitrogen functional groups attached to an aromatic ring is 1. The second-order valence-electron chi connectivity index (χ2n) is 8.25. The summed E-state index contributed by atoms with van der Waals surface area (Å²) in [6, 6.07) is 22.9. The molecule has 0 heterocycles. The topological polar surface area (TPSA) is 26.0 Å². The van der Waals surface area contributed by atoms with Crippen molar-refractivity contribution < 1.29 is 26.3 Å². The zero-order valence-electron chi connectivity index (χ0n) is 18.0. The molecule has 0 unspecified atom stereocenters. The molecular formula is C28H17F6N. The minimum Gasteiger partial charge on any atom is -0.398 e. The lowest BCUT2D eigenvalue weighted by molar-refractivity contribution is -0.143. The number of nitrogens with two attached hydrogens (primary N) is 1. The Morgan fingerprint density at radius 3 is 1.54 bits per heavy atom. The van der Waals surface area contributed by atoms with Gasteiger partial charge in [0.2, 0.25) is 0 Å². The number of anilines is 1. The van der Waals surface area contributed by atoms with Crippen LogP contribution in [-0.4, -0.2) is 0 Å². The van der Waals surface area contributed by atoms with Gasteiger partial charge in [0, 0.05) is 16.8 Å². The number of rotatable bonds is 2. The predicted octanol–water partition coefficient (Wildman–Crippen LogP) is 8.95. The Morgan fingerprint density at radius 1 is 0.514 bits per heavy atom. The van der Waals surface area contributed by atoms with Crippen molar-refractivity contribution in [3.8, 4) is 22.3 Å². The van der Waals surface area contributed by atoms with Gasteiger partial charge in [-0.25, -0.2) is 0 Å². The first-order chi connectivity index (χ1) is 16.5. The molecule has 0 fully saturated rings. The van der Waals surface area contributed by atoms with Crippen molar-refractivity contribution >= 4 is 27.2 Å². The Kier molecular flexibility index (Phi) is 5.24. The van der Waals surface area contributed by atoms with E-state index in [2.05, 4.69) is 0 Å². The summed E-state index contributed by atoms with van der Waals surface area (Å²) in [7, 11) is 0. The van der Waals surface area contributed by atoms with Crippen molar-refractivity contribution in [1.82, 2.24) is 0 Å². The second-order valence-corrected chi connectivity index (χ2v) is 8.25. The van der Waals surface area contributed by atoms with E-state index < -0.39 is 23.5 Å². The largest absolute Gasteiger partial charge is 0.416 e. The Hall–Kier alpha value is -4.00. The molecule has 5 rings (SSSR count). The fourth-order valence-electron chi connectivity index (χ4n) is 4.46. The first-order valence-corrected chi connectivity index (χ1v) is 10.6. The number of benzene rings is 5. The van der Waals surface area contributed by atoms with Crippen LogP contribution in [0.2, 0.25) is 0 Å². The second kappa shape index (κ2) is 8.05. The molecule has 2 N–H and O–H groups in total. The summed E-state index contributed by atoms with van der Waals surface area (Å²) in [5.74, 6) is 0. The highest BCUT2D eigenvalue weighted by molar-refractivity contribution is 6.13. The van der Waals surface area contributed by atoms with E-state index in [1.54, 1.807) is 30.3 Å². The first kappa shape index (κ1) is 22.8. The smallest absolute Gasteiger partial charge is 0.398 e. The molecule has 0 radical (unpaired) electrons. The summed E-state index contributed by atoms with van der Waals surface area (Å²) in [5.41, 5.74) is 5.09. The van der Waals surface area contributed by atoms with Gasteiger partial charge >= 0.3 is 12.4 Å². The number of halogens is 6. The SMILES string of the molecule is Nc1ccc2ccccc2c1-c1c(-c2cc(C(F)(F)F)cc(C(F)(F)F)c2)ccc2ccccc12. The Morgan fingerprint density at radius 2 is 1.00 bits per heavy atom. The van der Waals surface area contributed by atoms with Gasteiger partial charge in [0.15, 0.2) is 0 Å². The number of hydrogen-bond acceptors (Lipinski definition) is 1. The molecule has 0 saturated carbocycles. The average Bonchev–Trinajstić information content (AvgIpc) is 2.82. The highest BCUT2D eigenvalue weighted by Crippen LogP contribution is 2.46. The van der Waals surface area contributed by atoms with Crippen molar-refractivity contribution in [1.29, 1.82) is 0 Å². The Bertz CT molecular complexity index is 1550. The molecule has 1 nitrogen and oxygen atoms in total. The van der Waals surface area contributed by atoms with Crippen LogP contribution in [0.4, 0.5) is 32.0 Å². The van der Waals surface area contributed by atoms with E-state index >= 15 is 0 Å². The monoisotopic (exact) mass is 481 g/mol. The molecule has 7 heteroatoms. The zero-order valence-corrected chi connectivity index (χ0v) is 18.0. The van der Waals surface area contributed by atoms with E-state index in [4.69, 9.17) is 5.73 Å². The van der Waals surface area contributed by atoms with Crippen molar-refractivity contribution in [2.45, 2.75) is 12.4 Å². The van der Waals surface area contributed by atoms with Gasteiger partial charge in [-0.15, -0.1) is 0 Å². The molecule has 0 aliphatic heterocycles.